The number of pyridine rings is 1. The van der Waals surface area contributed by atoms with Crippen molar-refractivity contribution in [2.45, 2.75) is 18.0 Å². The zero-order valence-electron chi connectivity index (χ0n) is 19.2. The van der Waals surface area contributed by atoms with Crippen LogP contribution in [-0.2, 0) is 17.9 Å². The van der Waals surface area contributed by atoms with Gasteiger partial charge in [0.15, 0.2) is 0 Å². The minimum absolute atomic E-state index is 0.173. The number of thioether (sulfide) groups is 1. The van der Waals surface area contributed by atoms with Crippen molar-refractivity contribution in [3.05, 3.63) is 130 Å². The number of carbonyl (C=O) groups is 2. The number of amides is 2. The Balaban J connectivity index is 1.47. The van der Waals surface area contributed by atoms with E-state index >= 15 is 0 Å². The van der Waals surface area contributed by atoms with Crippen LogP contribution in [0.15, 0.2) is 107 Å². The number of carbonyl (C=O) groups excluding carboxylic acids is 2. The molecule has 2 heterocycles. The summed E-state index contributed by atoms with van der Waals surface area (Å²) in [4.78, 5) is 33.7. The fraction of sp³-hybridized carbons (Fsp3) is 0.0690. The van der Waals surface area contributed by atoms with Gasteiger partial charge in [-0.25, -0.2) is 4.39 Å². The van der Waals surface area contributed by atoms with Gasteiger partial charge in [0.1, 0.15) is 5.82 Å². The number of hydrogen-bond acceptors (Lipinski definition) is 4. The molecule has 3 aromatic carbocycles. The first-order valence-corrected chi connectivity index (χ1v) is 12.2. The van der Waals surface area contributed by atoms with Crippen LogP contribution < -0.4 is 10.2 Å². The Bertz CT molecular complexity index is 1420. The van der Waals surface area contributed by atoms with Crippen LogP contribution in [0.2, 0.25) is 0 Å². The number of nitrogens with one attached hydrogen (secondary N) is 1. The molecule has 5 nitrogen and oxygen atoms in total. The molecule has 1 N–H and O–H groups in total. The summed E-state index contributed by atoms with van der Waals surface area (Å²) in [6.45, 7) is 0.597. The van der Waals surface area contributed by atoms with E-state index in [-0.39, 0.29) is 24.2 Å². The van der Waals surface area contributed by atoms with Gasteiger partial charge in [-0.05, 0) is 59.2 Å². The van der Waals surface area contributed by atoms with E-state index in [1.807, 2.05) is 54.6 Å². The van der Waals surface area contributed by atoms with E-state index in [1.54, 1.807) is 41.6 Å². The number of hydrogen-bond donors (Lipinski definition) is 1. The summed E-state index contributed by atoms with van der Waals surface area (Å²) >= 11 is 1.38. The van der Waals surface area contributed by atoms with Crippen LogP contribution in [0, 0.1) is 5.82 Å². The van der Waals surface area contributed by atoms with Gasteiger partial charge in [0.2, 0.25) is 0 Å². The van der Waals surface area contributed by atoms with Crippen molar-refractivity contribution in [2.24, 2.45) is 0 Å². The van der Waals surface area contributed by atoms with E-state index in [0.29, 0.717) is 22.7 Å². The third-order valence-electron chi connectivity index (χ3n) is 5.71. The van der Waals surface area contributed by atoms with Crippen molar-refractivity contribution in [3.8, 4) is 0 Å². The molecule has 0 bridgehead atoms. The fourth-order valence-electron chi connectivity index (χ4n) is 3.87. The van der Waals surface area contributed by atoms with Crippen LogP contribution in [0.4, 0.5) is 10.1 Å². The molecule has 0 atom stereocenters. The second-order valence-corrected chi connectivity index (χ2v) is 9.35. The number of rotatable bonds is 6. The van der Waals surface area contributed by atoms with Crippen LogP contribution in [0.5, 0.6) is 0 Å². The predicted molar refractivity (Wildman–Crippen MR) is 140 cm³/mol. The molecule has 7 heteroatoms. The normalized spacial score (nSPS) is 14.0. The third kappa shape index (κ3) is 5.37. The van der Waals surface area contributed by atoms with Gasteiger partial charge in [0, 0.05) is 29.4 Å². The quantitative estimate of drug-likeness (QED) is 0.342. The standard InChI is InChI=1S/C29H22FN3O2S/c30-24-11-8-21(9-12-24)19-33-25-16-23(28(34)32-18-22-7-4-14-31-17-22)10-13-26(25)36-27(29(33)35)15-20-5-2-1-3-6-20/h1-17H,18-19H2,(H,32,34). The van der Waals surface area contributed by atoms with Gasteiger partial charge in [-0.1, -0.05) is 60.3 Å². The van der Waals surface area contributed by atoms with Crippen molar-refractivity contribution < 1.29 is 14.0 Å². The molecule has 0 saturated carbocycles. The molecule has 1 aliphatic rings. The predicted octanol–water partition coefficient (Wildman–Crippen LogP) is 5.83. The Morgan fingerprint density at radius 3 is 2.53 bits per heavy atom. The molecule has 178 valence electrons. The second kappa shape index (κ2) is 10.6. The van der Waals surface area contributed by atoms with Gasteiger partial charge in [0.05, 0.1) is 17.1 Å². The zero-order chi connectivity index (χ0) is 24.9. The molecule has 36 heavy (non-hydrogen) atoms. The summed E-state index contributed by atoms with van der Waals surface area (Å²) in [6, 6.07) is 24.8. The van der Waals surface area contributed by atoms with Gasteiger partial charge < -0.3 is 10.2 Å². The van der Waals surface area contributed by atoms with E-state index in [2.05, 4.69) is 10.3 Å². The Kier molecular flexibility index (Phi) is 6.91. The van der Waals surface area contributed by atoms with Gasteiger partial charge >= 0.3 is 0 Å². The SMILES string of the molecule is O=C(NCc1cccnc1)c1ccc2c(c1)N(Cc1ccc(F)cc1)C(=O)C(=Cc1ccccc1)S2. The highest BCUT2D eigenvalue weighted by Crippen LogP contribution is 2.43. The smallest absolute Gasteiger partial charge is 0.265 e. The second-order valence-electron chi connectivity index (χ2n) is 8.27. The summed E-state index contributed by atoms with van der Waals surface area (Å²) in [6.07, 6.45) is 5.25. The van der Waals surface area contributed by atoms with Crippen LogP contribution in [0.1, 0.15) is 27.0 Å². The Hall–Kier alpha value is -4.23. The lowest BCUT2D eigenvalue weighted by atomic mass is 10.1. The first-order chi connectivity index (χ1) is 17.6. The summed E-state index contributed by atoms with van der Waals surface area (Å²) in [7, 11) is 0. The van der Waals surface area contributed by atoms with E-state index < -0.39 is 0 Å². The van der Waals surface area contributed by atoms with Gasteiger partial charge in [0.25, 0.3) is 11.8 Å². The molecule has 0 fully saturated rings. The molecule has 1 aliphatic heterocycles. The average Bonchev–Trinajstić information content (AvgIpc) is 2.91. The summed E-state index contributed by atoms with van der Waals surface area (Å²) in [5.41, 5.74) is 3.69. The molecular weight excluding hydrogens is 473 g/mol. The molecule has 5 rings (SSSR count). The number of anilines is 1. The average molecular weight is 496 g/mol. The number of nitrogens with zero attached hydrogens (tertiary/aromatic N) is 2. The van der Waals surface area contributed by atoms with Crippen molar-refractivity contribution in [1.82, 2.24) is 10.3 Å². The lowest BCUT2D eigenvalue weighted by Crippen LogP contribution is -2.34. The van der Waals surface area contributed by atoms with Crippen molar-refractivity contribution >= 4 is 35.3 Å². The first kappa shape index (κ1) is 23.5. The number of aromatic nitrogens is 1. The van der Waals surface area contributed by atoms with Crippen LogP contribution >= 0.6 is 11.8 Å². The molecule has 0 aliphatic carbocycles. The van der Waals surface area contributed by atoms with Crippen LogP contribution in [0.25, 0.3) is 6.08 Å². The Morgan fingerprint density at radius 2 is 1.78 bits per heavy atom. The maximum Gasteiger partial charge on any atom is 0.265 e. The van der Waals surface area contributed by atoms with Gasteiger partial charge in [-0.3, -0.25) is 14.6 Å². The topological polar surface area (TPSA) is 62.3 Å². The van der Waals surface area contributed by atoms with E-state index in [0.717, 1.165) is 21.6 Å². The van der Waals surface area contributed by atoms with E-state index in [9.17, 15) is 14.0 Å². The highest BCUT2D eigenvalue weighted by Gasteiger charge is 2.30. The van der Waals surface area contributed by atoms with Crippen molar-refractivity contribution in [1.29, 1.82) is 0 Å². The lowest BCUT2D eigenvalue weighted by molar-refractivity contribution is -0.114. The minimum atomic E-state index is -0.336. The van der Waals surface area contributed by atoms with Gasteiger partial charge in [-0.2, -0.15) is 0 Å². The van der Waals surface area contributed by atoms with Gasteiger partial charge in [-0.15, -0.1) is 0 Å². The van der Waals surface area contributed by atoms with E-state index in [1.165, 1.54) is 23.9 Å². The number of fused-ring (bicyclic) bond motifs is 1. The molecule has 0 saturated heterocycles. The van der Waals surface area contributed by atoms with Crippen molar-refractivity contribution in [2.75, 3.05) is 4.90 Å². The summed E-state index contributed by atoms with van der Waals surface area (Å²) in [5.74, 6) is -0.753. The van der Waals surface area contributed by atoms with Crippen LogP contribution in [-0.4, -0.2) is 16.8 Å². The number of halogens is 1. The fourth-order valence-corrected chi connectivity index (χ4v) is 4.91. The molecule has 0 unspecified atom stereocenters. The molecular formula is C29H22FN3O2S. The maximum absolute atomic E-state index is 13.6. The molecule has 1 aromatic heterocycles. The summed E-state index contributed by atoms with van der Waals surface area (Å²) in [5, 5.41) is 2.90. The molecule has 2 amide bonds. The molecule has 0 spiro atoms. The number of benzene rings is 3. The molecule has 0 radical (unpaired) electrons. The van der Waals surface area contributed by atoms with E-state index in [4.69, 9.17) is 0 Å². The summed E-state index contributed by atoms with van der Waals surface area (Å²) < 4.78 is 13.5. The van der Waals surface area contributed by atoms with Crippen LogP contribution in [0.3, 0.4) is 0 Å². The highest BCUT2D eigenvalue weighted by molar-refractivity contribution is 8.04. The highest BCUT2D eigenvalue weighted by atomic mass is 32.2. The Labute approximate surface area is 212 Å². The van der Waals surface area contributed by atoms with Crippen molar-refractivity contribution in [3.63, 3.8) is 0 Å². The monoisotopic (exact) mass is 495 g/mol. The third-order valence-corrected chi connectivity index (χ3v) is 6.79. The minimum Gasteiger partial charge on any atom is -0.348 e. The first-order valence-electron chi connectivity index (χ1n) is 11.4. The largest absolute Gasteiger partial charge is 0.348 e. The zero-order valence-corrected chi connectivity index (χ0v) is 20.0. The Morgan fingerprint density at radius 1 is 0.972 bits per heavy atom. The molecule has 4 aromatic rings. The lowest BCUT2D eigenvalue weighted by Gasteiger charge is -2.31. The maximum atomic E-state index is 13.6.